The van der Waals surface area contributed by atoms with Crippen LogP contribution in [0.2, 0.25) is 0 Å². The van der Waals surface area contributed by atoms with Crippen LogP contribution in [0.3, 0.4) is 0 Å². The molecule has 1 amide bonds. The molecule has 0 N–H and O–H groups in total. The zero-order valence-corrected chi connectivity index (χ0v) is 16.5. The molecule has 1 fully saturated rings. The summed E-state index contributed by atoms with van der Waals surface area (Å²) in [6.45, 7) is 10.1. The molecule has 1 saturated heterocycles. The Hall–Kier alpha value is -2.20. The molecule has 1 atom stereocenters. The predicted octanol–water partition coefficient (Wildman–Crippen LogP) is 4.75. The maximum absolute atomic E-state index is 13.6. The number of nitrogens with zero attached hydrogens (tertiary/aromatic N) is 2. The third kappa shape index (κ3) is 4.38. The molecular weight excluding hydrogens is 339 g/mol. The Kier molecular flexibility index (Phi) is 6.27. The molecule has 4 heteroatoms. The minimum Gasteiger partial charge on any atom is -0.334 e. The van der Waals surface area contributed by atoms with E-state index >= 15 is 0 Å². The molecular formula is C23H29FN2O. The van der Waals surface area contributed by atoms with Crippen molar-refractivity contribution in [3.63, 3.8) is 0 Å². The first kappa shape index (κ1) is 19.6. The highest BCUT2D eigenvalue weighted by atomic mass is 19.1. The second-order valence-corrected chi connectivity index (χ2v) is 7.32. The fraction of sp³-hybridized carbons (Fsp3) is 0.435. The van der Waals surface area contributed by atoms with E-state index in [9.17, 15) is 9.18 Å². The van der Waals surface area contributed by atoms with Crippen LogP contribution in [-0.2, 0) is 0 Å². The molecule has 0 spiro atoms. The molecule has 1 unspecified atom stereocenters. The van der Waals surface area contributed by atoms with Gasteiger partial charge in [0, 0.05) is 24.7 Å². The first-order valence-corrected chi connectivity index (χ1v) is 9.93. The molecule has 0 saturated carbocycles. The van der Waals surface area contributed by atoms with Gasteiger partial charge in [0.2, 0.25) is 0 Å². The highest BCUT2D eigenvalue weighted by Gasteiger charge is 2.30. The van der Waals surface area contributed by atoms with Gasteiger partial charge < -0.3 is 9.80 Å². The van der Waals surface area contributed by atoms with E-state index in [-0.39, 0.29) is 11.7 Å². The number of rotatable bonds is 6. The summed E-state index contributed by atoms with van der Waals surface area (Å²) in [5.41, 5.74) is 3.54. The third-order valence-electron chi connectivity index (χ3n) is 5.64. The Morgan fingerprint density at radius 1 is 1.15 bits per heavy atom. The third-order valence-corrected chi connectivity index (χ3v) is 5.64. The number of hydrogen-bond donors (Lipinski definition) is 0. The van der Waals surface area contributed by atoms with Crippen molar-refractivity contribution in [3.8, 4) is 11.1 Å². The Morgan fingerprint density at radius 2 is 1.85 bits per heavy atom. The highest BCUT2D eigenvalue weighted by molar-refractivity contribution is 5.95. The van der Waals surface area contributed by atoms with Gasteiger partial charge in [-0.25, -0.2) is 4.39 Å². The average Bonchev–Trinajstić information content (AvgIpc) is 3.15. The molecule has 2 aromatic rings. The van der Waals surface area contributed by atoms with E-state index in [1.54, 1.807) is 12.1 Å². The van der Waals surface area contributed by atoms with Crippen molar-refractivity contribution in [1.82, 2.24) is 9.80 Å². The van der Waals surface area contributed by atoms with Crippen LogP contribution in [0.5, 0.6) is 0 Å². The number of carbonyl (C=O) groups is 1. The molecule has 0 radical (unpaired) electrons. The number of aryl methyl sites for hydroxylation is 1. The van der Waals surface area contributed by atoms with Gasteiger partial charge in [-0.05, 0) is 73.8 Å². The lowest BCUT2D eigenvalue weighted by Crippen LogP contribution is -2.43. The summed E-state index contributed by atoms with van der Waals surface area (Å²) in [6, 6.07) is 12.7. The lowest BCUT2D eigenvalue weighted by Gasteiger charge is -2.29. The maximum Gasteiger partial charge on any atom is 0.254 e. The summed E-state index contributed by atoms with van der Waals surface area (Å²) < 4.78 is 13.6. The summed E-state index contributed by atoms with van der Waals surface area (Å²) in [4.78, 5) is 17.4. The van der Waals surface area contributed by atoms with Crippen LogP contribution in [0.25, 0.3) is 11.1 Å². The topological polar surface area (TPSA) is 23.6 Å². The average molecular weight is 368 g/mol. The van der Waals surface area contributed by atoms with E-state index in [4.69, 9.17) is 0 Å². The molecule has 1 aliphatic heterocycles. The van der Waals surface area contributed by atoms with Crippen molar-refractivity contribution in [2.45, 2.75) is 39.7 Å². The lowest BCUT2D eigenvalue weighted by molar-refractivity contribution is 0.0704. The quantitative estimate of drug-likeness (QED) is 0.735. The van der Waals surface area contributed by atoms with Gasteiger partial charge in [-0.15, -0.1) is 0 Å². The van der Waals surface area contributed by atoms with E-state index in [1.807, 2.05) is 36.1 Å². The Labute approximate surface area is 161 Å². The maximum atomic E-state index is 13.6. The van der Waals surface area contributed by atoms with Crippen LogP contribution in [-0.4, -0.2) is 47.9 Å². The van der Waals surface area contributed by atoms with Crippen molar-refractivity contribution in [2.24, 2.45) is 0 Å². The number of amides is 1. The monoisotopic (exact) mass is 368 g/mol. The number of carbonyl (C=O) groups excluding carboxylic acids is 1. The number of benzene rings is 2. The fourth-order valence-corrected chi connectivity index (χ4v) is 3.94. The predicted molar refractivity (Wildman–Crippen MR) is 108 cm³/mol. The second kappa shape index (κ2) is 8.66. The molecule has 1 heterocycles. The van der Waals surface area contributed by atoms with Gasteiger partial charge in [-0.2, -0.15) is 0 Å². The number of hydrogen-bond acceptors (Lipinski definition) is 2. The lowest BCUT2D eigenvalue weighted by atomic mass is 9.99. The van der Waals surface area contributed by atoms with E-state index in [0.29, 0.717) is 11.6 Å². The summed E-state index contributed by atoms with van der Waals surface area (Å²) in [7, 11) is 0. The molecule has 144 valence electrons. The van der Waals surface area contributed by atoms with Gasteiger partial charge in [-0.3, -0.25) is 4.79 Å². The van der Waals surface area contributed by atoms with Gasteiger partial charge in [0.25, 0.3) is 5.91 Å². The molecule has 27 heavy (non-hydrogen) atoms. The first-order chi connectivity index (χ1) is 13.0. The van der Waals surface area contributed by atoms with Crippen LogP contribution in [0.4, 0.5) is 4.39 Å². The number of likely N-dealkylation sites (N-methyl/N-ethyl adjacent to an activating group) is 1. The Morgan fingerprint density at radius 3 is 2.52 bits per heavy atom. The molecule has 0 aromatic heterocycles. The van der Waals surface area contributed by atoms with Crippen LogP contribution in [0.1, 0.15) is 42.6 Å². The van der Waals surface area contributed by atoms with E-state index in [1.165, 1.54) is 6.07 Å². The summed E-state index contributed by atoms with van der Waals surface area (Å²) in [5.74, 6) is -0.140. The van der Waals surface area contributed by atoms with Gasteiger partial charge in [0.05, 0.1) is 0 Å². The van der Waals surface area contributed by atoms with Gasteiger partial charge in [0.1, 0.15) is 5.82 Å². The van der Waals surface area contributed by atoms with Crippen molar-refractivity contribution in [2.75, 3.05) is 26.2 Å². The summed E-state index contributed by atoms with van der Waals surface area (Å²) >= 11 is 0. The molecule has 3 rings (SSSR count). The number of likely N-dealkylation sites (tertiary alicyclic amines) is 1. The fourth-order valence-electron chi connectivity index (χ4n) is 3.94. The Bertz CT molecular complexity index is 783. The van der Waals surface area contributed by atoms with Crippen molar-refractivity contribution in [3.05, 3.63) is 59.4 Å². The van der Waals surface area contributed by atoms with Crippen molar-refractivity contribution >= 4 is 5.91 Å². The summed E-state index contributed by atoms with van der Waals surface area (Å²) in [6.07, 6.45) is 2.14. The SMILES string of the molecule is CCN(CC)CC1CCCN1C(=O)c1ccc(-c2cc(F)ccc2C)cc1. The summed E-state index contributed by atoms with van der Waals surface area (Å²) in [5, 5.41) is 0. The molecule has 1 aliphatic rings. The van der Waals surface area contributed by atoms with Crippen LogP contribution < -0.4 is 0 Å². The first-order valence-electron chi connectivity index (χ1n) is 9.93. The smallest absolute Gasteiger partial charge is 0.254 e. The second-order valence-electron chi connectivity index (χ2n) is 7.32. The minimum atomic E-state index is -0.243. The molecule has 3 nitrogen and oxygen atoms in total. The van der Waals surface area contributed by atoms with Crippen LogP contribution >= 0.6 is 0 Å². The van der Waals surface area contributed by atoms with Crippen molar-refractivity contribution in [1.29, 1.82) is 0 Å². The standard InChI is InChI=1S/C23H29FN2O/c1-4-25(5-2)16-21-7-6-14-26(21)23(27)19-11-9-18(10-12-19)22-15-20(24)13-8-17(22)3/h8-13,15,21H,4-7,14,16H2,1-3H3. The molecule has 0 aliphatic carbocycles. The molecule has 0 bridgehead atoms. The highest BCUT2D eigenvalue weighted by Crippen LogP contribution is 2.26. The van der Waals surface area contributed by atoms with Crippen molar-refractivity contribution < 1.29 is 9.18 Å². The largest absolute Gasteiger partial charge is 0.334 e. The normalized spacial score (nSPS) is 16.9. The minimum absolute atomic E-state index is 0.104. The zero-order chi connectivity index (χ0) is 19.4. The number of halogens is 1. The van der Waals surface area contributed by atoms with Gasteiger partial charge in [0.15, 0.2) is 0 Å². The Balaban J connectivity index is 1.76. The van der Waals surface area contributed by atoms with Gasteiger partial charge >= 0.3 is 0 Å². The van der Waals surface area contributed by atoms with E-state index in [0.717, 1.165) is 55.7 Å². The van der Waals surface area contributed by atoms with E-state index < -0.39 is 0 Å². The molecule has 2 aromatic carbocycles. The zero-order valence-electron chi connectivity index (χ0n) is 16.5. The van der Waals surface area contributed by atoms with Crippen LogP contribution in [0.15, 0.2) is 42.5 Å². The van der Waals surface area contributed by atoms with Gasteiger partial charge in [-0.1, -0.05) is 32.0 Å². The van der Waals surface area contributed by atoms with E-state index in [2.05, 4.69) is 18.7 Å². The van der Waals surface area contributed by atoms with Crippen LogP contribution in [0, 0.1) is 12.7 Å².